The van der Waals surface area contributed by atoms with Gasteiger partial charge in [-0.3, -0.25) is 4.79 Å². The fourth-order valence-corrected chi connectivity index (χ4v) is 5.14. The molecule has 2 N–H and O–H groups in total. The van der Waals surface area contributed by atoms with E-state index in [4.69, 9.17) is 4.74 Å². The van der Waals surface area contributed by atoms with Gasteiger partial charge < -0.3 is 25.2 Å². The predicted molar refractivity (Wildman–Crippen MR) is 163 cm³/mol. The van der Waals surface area contributed by atoms with Gasteiger partial charge in [-0.2, -0.15) is 0 Å². The first kappa shape index (κ1) is 27.9. The molecule has 0 aliphatic carbocycles. The first-order valence-corrected chi connectivity index (χ1v) is 14.0. The number of ether oxygens (including phenoxy) is 1. The maximum atomic E-state index is 14.0. The number of carbonyl (C=O) groups is 2. The van der Waals surface area contributed by atoms with E-state index in [1.807, 2.05) is 103 Å². The average molecular weight is 549 g/mol. The minimum Gasteiger partial charge on any atom is -0.480 e. The fourth-order valence-electron chi connectivity index (χ4n) is 5.14. The van der Waals surface area contributed by atoms with Gasteiger partial charge in [0, 0.05) is 24.5 Å². The number of likely N-dealkylation sites (tertiary alicyclic amines) is 1. The minimum atomic E-state index is -0.419. The fraction of sp³-hybridized carbons (Fsp3) is 0.235. The lowest BCUT2D eigenvalue weighted by molar-refractivity contribution is 0.0653. The molecule has 3 amide bonds. The molecule has 0 unspecified atom stereocenters. The lowest BCUT2D eigenvalue weighted by Gasteiger charge is -2.35. The molecule has 7 nitrogen and oxygen atoms in total. The Labute approximate surface area is 241 Å². The van der Waals surface area contributed by atoms with Crippen molar-refractivity contribution in [3.8, 4) is 5.75 Å². The van der Waals surface area contributed by atoms with Gasteiger partial charge in [-0.25, -0.2) is 4.79 Å². The van der Waals surface area contributed by atoms with E-state index in [9.17, 15) is 9.59 Å². The van der Waals surface area contributed by atoms with Gasteiger partial charge in [0.25, 0.3) is 5.91 Å². The van der Waals surface area contributed by atoms with Crippen molar-refractivity contribution in [1.29, 1.82) is 0 Å². The van der Waals surface area contributed by atoms with Crippen molar-refractivity contribution in [3.05, 3.63) is 126 Å². The van der Waals surface area contributed by atoms with Crippen LogP contribution in [0.25, 0.3) is 0 Å². The maximum absolute atomic E-state index is 14.0. The van der Waals surface area contributed by atoms with Crippen LogP contribution in [0.15, 0.2) is 109 Å². The van der Waals surface area contributed by atoms with Crippen LogP contribution in [0.3, 0.4) is 0 Å². The molecule has 1 fully saturated rings. The summed E-state index contributed by atoms with van der Waals surface area (Å²) in [7, 11) is 3.96. The largest absolute Gasteiger partial charge is 0.480 e. The number of anilines is 2. The minimum absolute atomic E-state index is 0.128. The second kappa shape index (κ2) is 13.2. The summed E-state index contributed by atoms with van der Waals surface area (Å²) < 4.78 is 6.67. The van der Waals surface area contributed by atoms with E-state index in [0.717, 1.165) is 37.1 Å². The summed E-state index contributed by atoms with van der Waals surface area (Å²) in [4.78, 5) is 30.9. The van der Waals surface area contributed by atoms with Gasteiger partial charge in [0.1, 0.15) is 11.9 Å². The van der Waals surface area contributed by atoms with E-state index in [1.54, 1.807) is 18.2 Å². The van der Waals surface area contributed by atoms with Crippen molar-refractivity contribution in [2.24, 2.45) is 0 Å². The molecule has 1 aliphatic rings. The van der Waals surface area contributed by atoms with Gasteiger partial charge >= 0.3 is 6.03 Å². The van der Waals surface area contributed by atoms with Crippen LogP contribution in [0.2, 0.25) is 0 Å². The first-order valence-electron chi connectivity index (χ1n) is 14.0. The van der Waals surface area contributed by atoms with E-state index in [1.165, 1.54) is 0 Å². The van der Waals surface area contributed by atoms with Gasteiger partial charge in [0.2, 0.25) is 0 Å². The SMILES string of the molecule is CN1CCC(N(C)C(=O)c2cc(NC(=O)Nc3ccccc3)ccc2OC(c2ccccc2)c2ccccc2)CC1. The number of amides is 3. The van der Waals surface area contributed by atoms with Crippen molar-refractivity contribution in [1.82, 2.24) is 9.80 Å². The van der Waals surface area contributed by atoms with Gasteiger partial charge in [-0.1, -0.05) is 78.9 Å². The van der Waals surface area contributed by atoms with Crippen LogP contribution in [-0.4, -0.2) is 55.0 Å². The number of para-hydroxylation sites is 1. The Bertz CT molecular complexity index is 1400. The van der Waals surface area contributed by atoms with E-state index >= 15 is 0 Å². The summed E-state index contributed by atoms with van der Waals surface area (Å²) in [5.74, 6) is 0.322. The molecule has 7 heteroatoms. The van der Waals surface area contributed by atoms with Crippen LogP contribution in [0, 0.1) is 0 Å². The van der Waals surface area contributed by atoms with Gasteiger partial charge in [-0.05, 0) is 74.4 Å². The third kappa shape index (κ3) is 7.13. The lowest BCUT2D eigenvalue weighted by atomic mass is 10.0. The van der Waals surface area contributed by atoms with Crippen LogP contribution in [-0.2, 0) is 0 Å². The summed E-state index contributed by atoms with van der Waals surface area (Å²) in [6.45, 7) is 1.88. The van der Waals surface area contributed by atoms with Crippen LogP contribution < -0.4 is 15.4 Å². The molecule has 0 radical (unpaired) electrons. The molecular formula is C34H36N4O3. The van der Waals surface area contributed by atoms with Crippen molar-refractivity contribution in [3.63, 3.8) is 0 Å². The Morgan fingerprint density at radius 1 is 0.780 bits per heavy atom. The highest BCUT2D eigenvalue weighted by Crippen LogP contribution is 2.33. The number of rotatable bonds is 8. The molecule has 41 heavy (non-hydrogen) atoms. The summed E-state index contributed by atoms with van der Waals surface area (Å²) >= 11 is 0. The molecule has 5 rings (SSSR count). The Balaban J connectivity index is 1.46. The van der Waals surface area contributed by atoms with Crippen LogP contribution in [0.4, 0.5) is 16.2 Å². The van der Waals surface area contributed by atoms with Crippen molar-refractivity contribution in [2.45, 2.75) is 25.0 Å². The van der Waals surface area contributed by atoms with Gasteiger partial charge in [0.05, 0.1) is 5.56 Å². The average Bonchev–Trinajstić information content (AvgIpc) is 3.01. The number of benzene rings is 4. The van der Waals surface area contributed by atoms with Crippen molar-refractivity contribution in [2.75, 3.05) is 37.8 Å². The van der Waals surface area contributed by atoms with Crippen LogP contribution in [0.1, 0.15) is 40.4 Å². The molecular weight excluding hydrogens is 512 g/mol. The van der Waals surface area contributed by atoms with Crippen molar-refractivity contribution >= 4 is 23.3 Å². The van der Waals surface area contributed by atoms with Crippen LogP contribution in [0.5, 0.6) is 5.75 Å². The Hall–Kier alpha value is -4.62. The van der Waals surface area contributed by atoms with E-state index < -0.39 is 12.1 Å². The number of urea groups is 1. The summed E-state index contributed by atoms with van der Waals surface area (Å²) in [6, 6.07) is 34.1. The molecule has 1 saturated heterocycles. The molecule has 0 bridgehead atoms. The summed E-state index contributed by atoms with van der Waals surface area (Å²) in [5, 5.41) is 5.70. The number of nitrogens with zero attached hydrogens (tertiary/aromatic N) is 2. The van der Waals surface area contributed by atoms with E-state index in [-0.39, 0.29) is 11.9 Å². The van der Waals surface area contributed by atoms with Crippen molar-refractivity contribution < 1.29 is 14.3 Å². The molecule has 4 aromatic rings. The monoisotopic (exact) mass is 548 g/mol. The van der Waals surface area contributed by atoms with Gasteiger partial charge in [-0.15, -0.1) is 0 Å². The molecule has 0 saturated carbocycles. The predicted octanol–water partition coefficient (Wildman–Crippen LogP) is 6.67. The lowest BCUT2D eigenvalue weighted by Crippen LogP contribution is -2.44. The number of hydrogen-bond donors (Lipinski definition) is 2. The highest BCUT2D eigenvalue weighted by molar-refractivity contribution is 6.02. The molecule has 0 aromatic heterocycles. The molecule has 0 spiro atoms. The molecule has 1 aliphatic heterocycles. The third-order valence-electron chi connectivity index (χ3n) is 7.51. The normalized spacial score (nSPS) is 13.9. The summed E-state index contributed by atoms with van der Waals surface area (Å²) in [6.07, 6.45) is 1.39. The number of nitrogens with one attached hydrogen (secondary N) is 2. The number of hydrogen-bond acceptors (Lipinski definition) is 4. The zero-order valence-corrected chi connectivity index (χ0v) is 23.5. The standard InChI is InChI=1S/C34H36N4O3/c1-37-22-20-29(21-23-37)38(2)33(39)30-24-28(36-34(40)35-27-16-10-5-11-17-27)18-19-31(30)41-32(25-12-6-3-7-13-25)26-14-8-4-9-15-26/h3-19,24,29,32H,20-23H2,1-2H3,(H2,35,36,40). The summed E-state index contributed by atoms with van der Waals surface area (Å²) in [5.41, 5.74) is 3.54. The smallest absolute Gasteiger partial charge is 0.323 e. The Morgan fingerprint density at radius 3 is 1.90 bits per heavy atom. The first-order chi connectivity index (χ1) is 20.0. The maximum Gasteiger partial charge on any atom is 0.323 e. The highest BCUT2D eigenvalue weighted by atomic mass is 16.5. The second-order valence-corrected chi connectivity index (χ2v) is 10.4. The number of piperidine rings is 1. The third-order valence-corrected chi connectivity index (χ3v) is 7.51. The highest BCUT2D eigenvalue weighted by Gasteiger charge is 2.28. The van der Waals surface area contributed by atoms with E-state index in [2.05, 4.69) is 22.6 Å². The molecule has 210 valence electrons. The zero-order valence-electron chi connectivity index (χ0n) is 23.5. The molecule has 1 heterocycles. The Morgan fingerprint density at radius 2 is 1.32 bits per heavy atom. The van der Waals surface area contributed by atoms with Crippen LogP contribution >= 0.6 is 0 Å². The molecule has 4 aromatic carbocycles. The topological polar surface area (TPSA) is 73.9 Å². The van der Waals surface area contributed by atoms with E-state index in [0.29, 0.717) is 22.7 Å². The van der Waals surface area contributed by atoms with Gasteiger partial charge in [0.15, 0.2) is 0 Å². The Kier molecular flexibility index (Phi) is 8.96. The quantitative estimate of drug-likeness (QED) is 0.258. The number of carbonyl (C=O) groups excluding carboxylic acids is 2. The zero-order chi connectivity index (χ0) is 28.6. The molecule has 0 atom stereocenters. The second-order valence-electron chi connectivity index (χ2n) is 10.4.